The molecule has 4 rings (SSSR count). The molecule has 2 N–H and O–H groups in total. The summed E-state index contributed by atoms with van der Waals surface area (Å²) < 4.78 is 13.3. The van der Waals surface area contributed by atoms with Crippen LogP contribution in [0.15, 0.2) is 66.0 Å². The van der Waals surface area contributed by atoms with Crippen molar-refractivity contribution in [2.24, 2.45) is 0 Å². The Hall–Kier alpha value is -2.19. The van der Waals surface area contributed by atoms with E-state index < -0.39 is 0 Å². The number of benzene rings is 2. The molecule has 0 saturated carbocycles. The highest BCUT2D eigenvalue weighted by Gasteiger charge is 2.30. The molecular formula is C24H26ClFN4S2. The van der Waals surface area contributed by atoms with E-state index in [1.807, 2.05) is 36.4 Å². The first-order valence-corrected chi connectivity index (χ1v) is 12.3. The van der Waals surface area contributed by atoms with E-state index in [1.165, 1.54) is 17.0 Å². The summed E-state index contributed by atoms with van der Waals surface area (Å²) in [5.74, 6) is -0.201. The quantitative estimate of drug-likeness (QED) is 0.429. The second-order valence-electron chi connectivity index (χ2n) is 7.86. The fourth-order valence-corrected chi connectivity index (χ4v) is 5.59. The Balaban J connectivity index is 1.41. The van der Waals surface area contributed by atoms with Gasteiger partial charge in [0.2, 0.25) is 0 Å². The Morgan fingerprint density at radius 2 is 1.81 bits per heavy atom. The molecule has 0 unspecified atom stereocenters. The Morgan fingerprint density at radius 1 is 1.06 bits per heavy atom. The van der Waals surface area contributed by atoms with Crippen molar-refractivity contribution in [3.05, 3.63) is 81.8 Å². The molecule has 32 heavy (non-hydrogen) atoms. The SMILES string of the molecule is C[C@@H](NC(=S)Nc1cccc(Cl)c1)[C@H](c1cccs1)N1CCN(c2ccc(F)cc2)CC1. The Labute approximate surface area is 203 Å². The van der Waals surface area contributed by atoms with Gasteiger partial charge in [-0.3, -0.25) is 4.90 Å². The van der Waals surface area contributed by atoms with Crippen molar-refractivity contribution < 1.29 is 4.39 Å². The molecule has 168 valence electrons. The van der Waals surface area contributed by atoms with Crippen molar-refractivity contribution in [2.75, 3.05) is 36.4 Å². The second kappa shape index (κ2) is 10.6. The zero-order chi connectivity index (χ0) is 22.5. The molecule has 0 radical (unpaired) electrons. The summed E-state index contributed by atoms with van der Waals surface area (Å²) in [6.07, 6.45) is 0. The minimum atomic E-state index is -0.201. The largest absolute Gasteiger partial charge is 0.369 e. The molecule has 4 nitrogen and oxygen atoms in total. The first kappa shape index (κ1) is 23.0. The highest BCUT2D eigenvalue weighted by atomic mass is 35.5. The van der Waals surface area contributed by atoms with Crippen LogP contribution in [0.4, 0.5) is 15.8 Å². The highest BCUT2D eigenvalue weighted by Crippen LogP contribution is 2.30. The average Bonchev–Trinajstić information content (AvgIpc) is 3.29. The first-order valence-electron chi connectivity index (χ1n) is 10.6. The predicted molar refractivity (Wildman–Crippen MR) is 138 cm³/mol. The van der Waals surface area contributed by atoms with Gasteiger partial charge in [-0.2, -0.15) is 0 Å². The smallest absolute Gasteiger partial charge is 0.171 e. The summed E-state index contributed by atoms with van der Waals surface area (Å²) in [6.45, 7) is 5.79. The lowest BCUT2D eigenvalue weighted by molar-refractivity contribution is 0.163. The molecule has 1 aliphatic rings. The molecule has 0 spiro atoms. The minimum Gasteiger partial charge on any atom is -0.369 e. The third-order valence-electron chi connectivity index (χ3n) is 5.65. The van der Waals surface area contributed by atoms with Crippen LogP contribution in [-0.4, -0.2) is 42.2 Å². The Morgan fingerprint density at radius 3 is 2.47 bits per heavy atom. The van der Waals surface area contributed by atoms with Crippen molar-refractivity contribution in [1.29, 1.82) is 0 Å². The number of anilines is 2. The number of nitrogens with zero attached hydrogens (tertiary/aromatic N) is 2. The van der Waals surface area contributed by atoms with E-state index in [4.69, 9.17) is 23.8 Å². The molecule has 0 aliphatic carbocycles. The molecule has 0 amide bonds. The van der Waals surface area contributed by atoms with Crippen LogP contribution in [0.25, 0.3) is 0 Å². The van der Waals surface area contributed by atoms with Gasteiger partial charge in [-0.1, -0.05) is 23.7 Å². The maximum Gasteiger partial charge on any atom is 0.171 e. The molecule has 3 aromatic rings. The van der Waals surface area contributed by atoms with Crippen LogP contribution < -0.4 is 15.5 Å². The molecule has 1 saturated heterocycles. The van der Waals surface area contributed by atoms with E-state index in [-0.39, 0.29) is 17.9 Å². The normalized spacial score (nSPS) is 16.4. The zero-order valence-electron chi connectivity index (χ0n) is 17.8. The molecule has 2 aromatic carbocycles. The summed E-state index contributed by atoms with van der Waals surface area (Å²) in [4.78, 5) is 6.13. The van der Waals surface area contributed by atoms with Gasteiger partial charge < -0.3 is 15.5 Å². The maximum absolute atomic E-state index is 13.3. The first-order chi connectivity index (χ1) is 15.5. The number of nitrogens with one attached hydrogen (secondary N) is 2. The van der Waals surface area contributed by atoms with E-state index in [0.717, 1.165) is 37.6 Å². The molecular weight excluding hydrogens is 463 g/mol. The number of rotatable bonds is 6. The van der Waals surface area contributed by atoms with E-state index in [1.54, 1.807) is 11.3 Å². The summed E-state index contributed by atoms with van der Waals surface area (Å²) in [5, 5.41) is 10.1. The Bertz CT molecular complexity index is 1020. The molecule has 2 heterocycles. The fourth-order valence-electron chi connectivity index (χ4n) is 4.13. The van der Waals surface area contributed by atoms with Crippen molar-refractivity contribution in [3.63, 3.8) is 0 Å². The third kappa shape index (κ3) is 5.78. The average molecular weight is 489 g/mol. The van der Waals surface area contributed by atoms with Crippen molar-refractivity contribution in [1.82, 2.24) is 10.2 Å². The van der Waals surface area contributed by atoms with Crippen molar-refractivity contribution in [2.45, 2.75) is 19.0 Å². The minimum absolute atomic E-state index is 0.102. The topological polar surface area (TPSA) is 30.5 Å². The molecule has 1 aliphatic heterocycles. The second-order valence-corrected chi connectivity index (χ2v) is 9.68. The number of halogens is 2. The van der Waals surface area contributed by atoms with Gasteiger partial charge in [0, 0.05) is 53.5 Å². The monoisotopic (exact) mass is 488 g/mol. The molecule has 8 heteroatoms. The summed E-state index contributed by atoms with van der Waals surface area (Å²) in [5.41, 5.74) is 1.93. The van der Waals surface area contributed by atoms with Gasteiger partial charge in [0.1, 0.15) is 5.82 Å². The van der Waals surface area contributed by atoms with Crippen LogP contribution >= 0.6 is 35.2 Å². The van der Waals surface area contributed by atoms with Crippen LogP contribution in [-0.2, 0) is 0 Å². The number of hydrogen-bond donors (Lipinski definition) is 2. The molecule has 0 bridgehead atoms. The third-order valence-corrected chi connectivity index (χ3v) is 7.05. The van der Waals surface area contributed by atoms with E-state index >= 15 is 0 Å². The van der Waals surface area contributed by atoms with Gasteiger partial charge in [0.25, 0.3) is 0 Å². The van der Waals surface area contributed by atoms with Gasteiger partial charge in [-0.25, -0.2) is 4.39 Å². The van der Waals surface area contributed by atoms with Crippen LogP contribution in [0.1, 0.15) is 17.8 Å². The van der Waals surface area contributed by atoms with Gasteiger partial charge in [0.05, 0.1) is 6.04 Å². The van der Waals surface area contributed by atoms with Gasteiger partial charge in [-0.15, -0.1) is 11.3 Å². The lowest BCUT2D eigenvalue weighted by Gasteiger charge is -2.42. The number of piperazine rings is 1. The molecule has 1 aromatic heterocycles. The van der Waals surface area contributed by atoms with Crippen LogP contribution in [0.3, 0.4) is 0 Å². The number of thiophene rings is 1. The predicted octanol–water partition coefficient (Wildman–Crippen LogP) is 5.78. The lowest BCUT2D eigenvalue weighted by Crippen LogP contribution is -2.52. The molecule has 2 atom stereocenters. The van der Waals surface area contributed by atoms with E-state index in [0.29, 0.717) is 10.1 Å². The lowest BCUT2D eigenvalue weighted by atomic mass is 10.0. The van der Waals surface area contributed by atoms with Crippen molar-refractivity contribution >= 4 is 51.6 Å². The van der Waals surface area contributed by atoms with Crippen molar-refractivity contribution in [3.8, 4) is 0 Å². The van der Waals surface area contributed by atoms with E-state index in [9.17, 15) is 4.39 Å². The van der Waals surface area contributed by atoms with Gasteiger partial charge >= 0.3 is 0 Å². The summed E-state index contributed by atoms with van der Waals surface area (Å²) >= 11 is 13.4. The summed E-state index contributed by atoms with van der Waals surface area (Å²) in [7, 11) is 0. The fraction of sp³-hybridized carbons (Fsp3) is 0.292. The van der Waals surface area contributed by atoms with Crippen LogP contribution in [0.2, 0.25) is 5.02 Å². The number of thiocarbonyl (C=S) groups is 1. The van der Waals surface area contributed by atoms with E-state index in [2.05, 4.69) is 44.9 Å². The number of hydrogen-bond acceptors (Lipinski definition) is 4. The maximum atomic E-state index is 13.3. The Kier molecular flexibility index (Phi) is 7.63. The van der Waals surface area contributed by atoms with Crippen LogP contribution in [0, 0.1) is 5.82 Å². The summed E-state index contributed by atoms with van der Waals surface area (Å²) in [6, 6.07) is 18.9. The standard InChI is InChI=1S/C24H26ClFN4S2/c1-17(27-24(31)28-20-5-2-4-18(25)16-20)23(22-6-3-15-32-22)30-13-11-29(12-14-30)21-9-7-19(26)8-10-21/h2-10,15-17,23H,11-14H2,1H3,(H2,27,28,31)/t17-,23-/m1/s1. The van der Waals surface area contributed by atoms with Gasteiger partial charge in [-0.05, 0) is 73.1 Å². The highest BCUT2D eigenvalue weighted by molar-refractivity contribution is 7.80. The van der Waals surface area contributed by atoms with Crippen LogP contribution in [0.5, 0.6) is 0 Å². The zero-order valence-corrected chi connectivity index (χ0v) is 20.2. The van der Waals surface area contributed by atoms with Gasteiger partial charge in [0.15, 0.2) is 5.11 Å². The molecule has 1 fully saturated rings.